The monoisotopic (exact) mass is 296 g/mol. The Morgan fingerprint density at radius 3 is 2.65 bits per heavy atom. The van der Waals surface area contributed by atoms with Crippen LogP contribution in [0, 0.1) is 0 Å². The van der Waals surface area contributed by atoms with Crippen LogP contribution in [0.25, 0.3) is 11.3 Å². The lowest BCUT2D eigenvalue weighted by molar-refractivity contribution is 0.167. The zero-order valence-electron chi connectivity index (χ0n) is 10.6. The molecule has 1 aliphatic heterocycles. The van der Waals surface area contributed by atoms with Crippen molar-refractivity contribution in [3.63, 3.8) is 0 Å². The molecule has 0 saturated carbocycles. The summed E-state index contributed by atoms with van der Waals surface area (Å²) < 4.78 is 39.8. The third-order valence-corrected chi connectivity index (χ3v) is 3.99. The lowest BCUT2D eigenvalue weighted by Gasteiger charge is -2.21. The lowest BCUT2D eigenvalue weighted by Crippen LogP contribution is -2.18. The number of sulfone groups is 1. The van der Waals surface area contributed by atoms with Crippen molar-refractivity contribution in [1.82, 2.24) is 5.16 Å². The fourth-order valence-electron chi connectivity index (χ4n) is 2.08. The summed E-state index contributed by atoms with van der Waals surface area (Å²) in [6, 6.07) is 4.70. The second-order valence-corrected chi connectivity index (χ2v) is 6.31. The van der Waals surface area contributed by atoms with Crippen LogP contribution < -0.4 is 15.2 Å². The van der Waals surface area contributed by atoms with Gasteiger partial charge in [-0.3, -0.25) is 0 Å². The molecule has 8 heteroatoms. The Morgan fingerprint density at radius 1 is 1.25 bits per heavy atom. The Morgan fingerprint density at radius 2 is 2.00 bits per heavy atom. The first-order valence-corrected chi connectivity index (χ1v) is 7.71. The minimum Gasteiger partial charge on any atom is -0.486 e. The predicted octanol–water partition coefficient (Wildman–Crippen LogP) is 1.10. The zero-order chi connectivity index (χ0) is 14.3. The second-order valence-electron chi connectivity index (χ2n) is 4.35. The number of aromatic nitrogens is 1. The highest BCUT2D eigenvalue weighted by molar-refractivity contribution is 7.91. The summed E-state index contributed by atoms with van der Waals surface area (Å²) in [6.45, 7) is 0.673. The van der Waals surface area contributed by atoms with Gasteiger partial charge in [0.15, 0.2) is 21.3 Å². The Kier molecular flexibility index (Phi) is 2.82. The Bertz CT molecular complexity index is 766. The van der Waals surface area contributed by atoms with E-state index in [0.29, 0.717) is 30.2 Å². The molecule has 0 atom stereocenters. The summed E-state index contributed by atoms with van der Waals surface area (Å²) in [5, 5.41) is 3.75. The molecular weight excluding hydrogens is 284 g/mol. The fourth-order valence-corrected chi connectivity index (χ4v) is 3.14. The van der Waals surface area contributed by atoms with Crippen LogP contribution in [0.2, 0.25) is 0 Å². The molecule has 2 N–H and O–H groups in total. The summed E-state index contributed by atoms with van der Waals surface area (Å²) in [7, 11) is -3.54. The van der Waals surface area contributed by atoms with Gasteiger partial charge >= 0.3 is 0 Å². The van der Waals surface area contributed by atoms with Gasteiger partial charge in [-0.15, -0.1) is 0 Å². The highest BCUT2D eigenvalue weighted by atomic mass is 32.2. The maximum Gasteiger partial charge on any atom is 0.222 e. The van der Waals surface area contributed by atoms with Crippen molar-refractivity contribution in [2.24, 2.45) is 0 Å². The molecule has 2 aromatic rings. The maximum absolute atomic E-state index is 12.1. The molecular formula is C12H12N2O5S. The van der Waals surface area contributed by atoms with Gasteiger partial charge in [0.05, 0.1) is 0 Å². The Labute approximate surface area is 115 Å². The molecule has 3 rings (SSSR count). The molecule has 0 fully saturated rings. The number of nitrogens with two attached hydrogens (primary N) is 1. The fraction of sp³-hybridized carbons (Fsp3) is 0.250. The van der Waals surface area contributed by atoms with Crippen LogP contribution in [0.1, 0.15) is 0 Å². The summed E-state index contributed by atoms with van der Waals surface area (Å²) in [5.41, 5.74) is 6.18. The van der Waals surface area contributed by atoms with Gasteiger partial charge in [-0.05, 0) is 12.1 Å². The second kappa shape index (κ2) is 4.41. The average molecular weight is 296 g/mol. The molecule has 1 aromatic heterocycles. The first kappa shape index (κ1) is 12.8. The Hall–Kier alpha value is -2.22. The summed E-state index contributed by atoms with van der Waals surface area (Å²) in [6.07, 6.45) is 1.10. The number of nitrogens with zero attached hydrogens (tertiary/aromatic N) is 1. The van der Waals surface area contributed by atoms with Gasteiger partial charge in [0, 0.05) is 17.9 Å². The normalized spacial score (nSPS) is 14.2. The molecule has 1 aliphatic rings. The van der Waals surface area contributed by atoms with Crippen LogP contribution in [-0.2, 0) is 9.84 Å². The van der Waals surface area contributed by atoms with E-state index < -0.39 is 9.84 Å². The number of hydrogen-bond acceptors (Lipinski definition) is 7. The topological polar surface area (TPSA) is 105 Å². The first-order valence-electron chi connectivity index (χ1n) is 5.82. The van der Waals surface area contributed by atoms with E-state index in [-0.39, 0.29) is 16.5 Å². The number of fused-ring (bicyclic) bond motifs is 1. The number of hydrogen-bond donors (Lipinski definition) is 1. The van der Waals surface area contributed by atoms with Crippen LogP contribution in [0.3, 0.4) is 0 Å². The van der Waals surface area contributed by atoms with Crippen molar-refractivity contribution in [1.29, 1.82) is 0 Å². The van der Waals surface area contributed by atoms with Gasteiger partial charge in [0.1, 0.15) is 23.8 Å². The lowest BCUT2D eigenvalue weighted by atomic mass is 10.1. The minimum atomic E-state index is -3.54. The molecule has 0 unspecified atom stereocenters. The summed E-state index contributed by atoms with van der Waals surface area (Å²) in [5.74, 6) is 0.712. The van der Waals surface area contributed by atoms with Gasteiger partial charge in [-0.25, -0.2) is 8.42 Å². The van der Waals surface area contributed by atoms with Gasteiger partial charge in [-0.1, -0.05) is 5.16 Å². The molecule has 0 bridgehead atoms. The van der Waals surface area contributed by atoms with Crippen molar-refractivity contribution in [2.45, 2.75) is 4.90 Å². The van der Waals surface area contributed by atoms with Gasteiger partial charge < -0.3 is 19.7 Å². The van der Waals surface area contributed by atoms with Crippen LogP contribution in [0.15, 0.2) is 27.6 Å². The van der Waals surface area contributed by atoms with Crippen LogP contribution in [-0.4, -0.2) is 33.0 Å². The number of rotatable bonds is 2. The molecule has 0 saturated heterocycles. The highest BCUT2D eigenvalue weighted by Gasteiger charge is 2.27. The molecule has 0 aliphatic carbocycles. The third kappa shape index (κ3) is 2.07. The van der Waals surface area contributed by atoms with Crippen LogP contribution in [0.4, 0.5) is 5.88 Å². The van der Waals surface area contributed by atoms with Crippen molar-refractivity contribution in [3.8, 4) is 22.8 Å². The molecule has 0 amide bonds. The maximum atomic E-state index is 12.1. The van der Waals surface area contributed by atoms with E-state index in [1.54, 1.807) is 12.1 Å². The molecule has 7 nitrogen and oxygen atoms in total. The van der Waals surface area contributed by atoms with E-state index in [1.807, 2.05) is 0 Å². The molecule has 20 heavy (non-hydrogen) atoms. The van der Waals surface area contributed by atoms with E-state index in [9.17, 15) is 8.42 Å². The standard InChI is InChI=1S/C12H12N2O5S/c1-20(15,16)12-7(8-6-10(13)19-14-8)2-3-9-11(12)18-5-4-17-9/h2-3,6H,4-5,13H2,1H3. The van der Waals surface area contributed by atoms with E-state index >= 15 is 0 Å². The van der Waals surface area contributed by atoms with Crippen LogP contribution >= 0.6 is 0 Å². The van der Waals surface area contributed by atoms with E-state index in [4.69, 9.17) is 19.7 Å². The van der Waals surface area contributed by atoms with Gasteiger partial charge in [0.25, 0.3) is 0 Å². The quantitative estimate of drug-likeness (QED) is 0.884. The predicted molar refractivity (Wildman–Crippen MR) is 70.5 cm³/mol. The van der Waals surface area contributed by atoms with E-state index in [1.165, 1.54) is 6.07 Å². The number of nitrogen functional groups attached to an aromatic ring is 1. The van der Waals surface area contributed by atoms with E-state index in [2.05, 4.69) is 5.16 Å². The zero-order valence-corrected chi connectivity index (χ0v) is 11.4. The smallest absolute Gasteiger partial charge is 0.222 e. The van der Waals surface area contributed by atoms with Crippen molar-refractivity contribution >= 4 is 15.7 Å². The van der Waals surface area contributed by atoms with Gasteiger partial charge in [-0.2, -0.15) is 0 Å². The number of anilines is 1. The molecule has 2 heterocycles. The largest absolute Gasteiger partial charge is 0.486 e. The third-order valence-electron chi connectivity index (χ3n) is 2.84. The number of ether oxygens (including phenoxy) is 2. The van der Waals surface area contributed by atoms with E-state index in [0.717, 1.165) is 6.26 Å². The van der Waals surface area contributed by atoms with Crippen molar-refractivity contribution in [3.05, 3.63) is 18.2 Å². The molecule has 1 aromatic carbocycles. The average Bonchev–Trinajstić information content (AvgIpc) is 2.83. The van der Waals surface area contributed by atoms with Crippen molar-refractivity contribution < 1.29 is 22.4 Å². The summed E-state index contributed by atoms with van der Waals surface area (Å²) in [4.78, 5) is 0.0306. The minimum absolute atomic E-state index is 0.0306. The Balaban J connectivity index is 2.30. The van der Waals surface area contributed by atoms with Gasteiger partial charge in [0.2, 0.25) is 5.88 Å². The molecule has 0 spiro atoms. The first-order chi connectivity index (χ1) is 9.47. The summed E-state index contributed by atoms with van der Waals surface area (Å²) >= 11 is 0. The highest BCUT2D eigenvalue weighted by Crippen LogP contribution is 2.42. The number of benzene rings is 1. The SMILES string of the molecule is CS(=O)(=O)c1c(-c2cc(N)on2)ccc2c1OCCO2. The molecule has 106 valence electrons. The molecule has 0 radical (unpaired) electrons. The van der Waals surface area contributed by atoms with Crippen LogP contribution in [0.5, 0.6) is 11.5 Å². The van der Waals surface area contributed by atoms with Crippen molar-refractivity contribution in [2.75, 3.05) is 25.2 Å².